The Hall–Kier alpha value is -3.07. The van der Waals surface area contributed by atoms with Crippen molar-refractivity contribution < 1.29 is 22.7 Å². The van der Waals surface area contributed by atoms with Crippen molar-refractivity contribution >= 4 is 21.8 Å². The van der Waals surface area contributed by atoms with Gasteiger partial charge in [-0.15, -0.1) is 4.40 Å². The van der Waals surface area contributed by atoms with Crippen LogP contribution >= 0.6 is 0 Å². The third-order valence-electron chi connectivity index (χ3n) is 4.28. The molecule has 1 amide bonds. The third kappa shape index (κ3) is 3.33. The molecular weight excluding hydrogens is 370 g/mol. The van der Waals surface area contributed by atoms with E-state index in [1.165, 1.54) is 11.0 Å². The maximum atomic E-state index is 12.3. The number of sulfonamides is 1. The molecular formula is C18H17N3O5S. The van der Waals surface area contributed by atoms with Crippen LogP contribution < -0.4 is 14.8 Å². The fourth-order valence-corrected chi connectivity index (χ4v) is 4.21. The summed E-state index contributed by atoms with van der Waals surface area (Å²) in [5, 5.41) is 2.81. The van der Waals surface area contributed by atoms with E-state index in [-0.39, 0.29) is 30.0 Å². The third-order valence-corrected chi connectivity index (χ3v) is 5.61. The molecule has 0 aliphatic carbocycles. The number of nitrogens with zero attached hydrogens (tertiary/aromatic N) is 2. The van der Waals surface area contributed by atoms with E-state index in [1.54, 1.807) is 31.3 Å². The normalized spacial score (nSPS) is 15.8. The van der Waals surface area contributed by atoms with E-state index in [1.807, 2.05) is 12.1 Å². The van der Waals surface area contributed by atoms with Crippen LogP contribution in [0.1, 0.15) is 11.1 Å². The molecule has 1 N–H and O–H groups in total. The van der Waals surface area contributed by atoms with Gasteiger partial charge in [-0.25, -0.2) is 0 Å². The number of ether oxygens (including phenoxy) is 2. The lowest BCUT2D eigenvalue weighted by atomic mass is 10.2. The van der Waals surface area contributed by atoms with Crippen molar-refractivity contribution in [2.24, 2.45) is 4.40 Å². The monoisotopic (exact) mass is 387 g/mol. The summed E-state index contributed by atoms with van der Waals surface area (Å²) in [7, 11) is -2.07. The summed E-state index contributed by atoms with van der Waals surface area (Å²) in [5.41, 5.74) is 1.38. The van der Waals surface area contributed by atoms with Crippen molar-refractivity contribution in [2.45, 2.75) is 11.4 Å². The maximum Gasteiger partial charge on any atom is 0.285 e. The van der Waals surface area contributed by atoms with Crippen molar-refractivity contribution in [3.63, 3.8) is 0 Å². The lowest BCUT2D eigenvalue weighted by Crippen LogP contribution is -2.38. The molecule has 0 saturated heterocycles. The van der Waals surface area contributed by atoms with Crippen LogP contribution in [0.25, 0.3) is 0 Å². The second kappa shape index (κ2) is 6.58. The summed E-state index contributed by atoms with van der Waals surface area (Å²) in [6.45, 7) is 0.500. The minimum absolute atomic E-state index is 0.0206. The first-order chi connectivity index (χ1) is 12.9. The Morgan fingerprint density at radius 1 is 1.19 bits per heavy atom. The van der Waals surface area contributed by atoms with Gasteiger partial charge in [-0.3, -0.25) is 4.79 Å². The Morgan fingerprint density at radius 3 is 2.81 bits per heavy atom. The highest BCUT2D eigenvalue weighted by molar-refractivity contribution is 7.90. The maximum absolute atomic E-state index is 12.3. The summed E-state index contributed by atoms with van der Waals surface area (Å²) in [5.74, 6) is 1.35. The average Bonchev–Trinajstić information content (AvgIpc) is 3.22. The molecule has 2 heterocycles. The predicted molar refractivity (Wildman–Crippen MR) is 97.2 cm³/mol. The van der Waals surface area contributed by atoms with Crippen LogP contribution in [-0.4, -0.2) is 45.4 Å². The Labute approximate surface area is 156 Å². The first kappa shape index (κ1) is 17.3. The van der Waals surface area contributed by atoms with E-state index in [0.717, 1.165) is 5.56 Å². The second-order valence-corrected chi connectivity index (χ2v) is 7.78. The van der Waals surface area contributed by atoms with E-state index >= 15 is 0 Å². The zero-order valence-electron chi connectivity index (χ0n) is 14.5. The lowest BCUT2D eigenvalue weighted by Gasteiger charge is -2.18. The minimum Gasteiger partial charge on any atom is -0.454 e. The molecule has 0 unspecified atom stereocenters. The molecule has 0 aromatic heterocycles. The first-order valence-corrected chi connectivity index (χ1v) is 9.69. The summed E-state index contributed by atoms with van der Waals surface area (Å²) >= 11 is 0. The SMILES string of the molecule is CN(CC(=O)NCc1ccc2c(c1)OCO2)C1=NS(=O)(=O)c2ccccc21. The number of nitrogens with one attached hydrogen (secondary N) is 1. The zero-order chi connectivity index (χ0) is 19.0. The zero-order valence-corrected chi connectivity index (χ0v) is 15.3. The number of fused-ring (bicyclic) bond motifs is 2. The van der Waals surface area contributed by atoms with Crippen molar-refractivity contribution in [2.75, 3.05) is 20.4 Å². The van der Waals surface area contributed by atoms with Crippen LogP contribution in [0.4, 0.5) is 0 Å². The quantitative estimate of drug-likeness (QED) is 0.844. The molecule has 4 rings (SSSR count). The van der Waals surface area contributed by atoms with Gasteiger partial charge in [-0.2, -0.15) is 8.42 Å². The van der Waals surface area contributed by atoms with Gasteiger partial charge in [0.15, 0.2) is 17.3 Å². The Bertz CT molecular complexity index is 1050. The van der Waals surface area contributed by atoms with E-state index < -0.39 is 10.0 Å². The van der Waals surface area contributed by atoms with Crippen LogP contribution in [0, 0.1) is 0 Å². The van der Waals surface area contributed by atoms with E-state index in [4.69, 9.17) is 9.47 Å². The molecule has 2 aromatic rings. The van der Waals surface area contributed by atoms with Gasteiger partial charge in [0.2, 0.25) is 12.7 Å². The van der Waals surface area contributed by atoms with Crippen LogP contribution in [0.2, 0.25) is 0 Å². The van der Waals surface area contributed by atoms with Gasteiger partial charge in [0, 0.05) is 19.2 Å². The summed E-state index contributed by atoms with van der Waals surface area (Å²) in [6.07, 6.45) is 0. The number of benzene rings is 2. The molecule has 0 spiro atoms. The van der Waals surface area contributed by atoms with Crippen LogP contribution in [0.5, 0.6) is 11.5 Å². The number of rotatable bonds is 4. The molecule has 2 aliphatic rings. The molecule has 2 aromatic carbocycles. The molecule has 140 valence electrons. The topological polar surface area (TPSA) is 97.3 Å². The lowest BCUT2D eigenvalue weighted by molar-refractivity contribution is -0.121. The number of carbonyl (C=O) groups excluding carboxylic acids is 1. The Kier molecular flexibility index (Phi) is 4.23. The van der Waals surface area contributed by atoms with Gasteiger partial charge < -0.3 is 19.7 Å². The van der Waals surface area contributed by atoms with Gasteiger partial charge in [-0.05, 0) is 29.8 Å². The van der Waals surface area contributed by atoms with Crippen molar-refractivity contribution in [1.29, 1.82) is 0 Å². The average molecular weight is 387 g/mol. The van der Waals surface area contributed by atoms with Crippen molar-refractivity contribution in [3.8, 4) is 11.5 Å². The highest BCUT2D eigenvalue weighted by atomic mass is 32.2. The first-order valence-electron chi connectivity index (χ1n) is 8.25. The largest absolute Gasteiger partial charge is 0.454 e. The van der Waals surface area contributed by atoms with E-state index in [0.29, 0.717) is 23.6 Å². The number of hydrogen-bond acceptors (Lipinski definition) is 6. The summed E-state index contributed by atoms with van der Waals surface area (Å²) in [6, 6.07) is 12.0. The van der Waals surface area contributed by atoms with E-state index in [9.17, 15) is 13.2 Å². The van der Waals surface area contributed by atoms with Crippen LogP contribution in [0.3, 0.4) is 0 Å². The summed E-state index contributed by atoms with van der Waals surface area (Å²) in [4.78, 5) is 14.0. The predicted octanol–water partition coefficient (Wildman–Crippen LogP) is 1.11. The smallest absolute Gasteiger partial charge is 0.285 e. The molecule has 0 radical (unpaired) electrons. The molecule has 0 atom stereocenters. The number of amidine groups is 1. The fourth-order valence-electron chi connectivity index (χ4n) is 2.96. The van der Waals surface area contributed by atoms with Crippen LogP contribution in [-0.2, 0) is 21.4 Å². The van der Waals surface area contributed by atoms with Gasteiger partial charge in [0.25, 0.3) is 10.0 Å². The highest BCUT2D eigenvalue weighted by Gasteiger charge is 2.30. The second-order valence-electron chi connectivity index (χ2n) is 6.21. The van der Waals surface area contributed by atoms with Gasteiger partial charge in [0.05, 0.1) is 6.54 Å². The number of carbonyl (C=O) groups is 1. The minimum atomic E-state index is -3.71. The molecule has 0 fully saturated rings. The highest BCUT2D eigenvalue weighted by Crippen LogP contribution is 2.32. The number of likely N-dealkylation sites (N-methyl/N-ethyl adjacent to an activating group) is 1. The van der Waals surface area contributed by atoms with Crippen molar-refractivity contribution in [3.05, 3.63) is 53.6 Å². The molecule has 27 heavy (non-hydrogen) atoms. The van der Waals surface area contributed by atoms with E-state index in [2.05, 4.69) is 9.71 Å². The van der Waals surface area contributed by atoms with Gasteiger partial charge in [-0.1, -0.05) is 18.2 Å². The van der Waals surface area contributed by atoms with Gasteiger partial charge in [0.1, 0.15) is 4.90 Å². The Balaban J connectivity index is 1.40. The summed E-state index contributed by atoms with van der Waals surface area (Å²) < 4.78 is 38.6. The number of hydrogen-bond donors (Lipinski definition) is 1. The molecule has 9 heteroatoms. The molecule has 0 bridgehead atoms. The molecule has 2 aliphatic heterocycles. The van der Waals surface area contributed by atoms with Crippen molar-refractivity contribution in [1.82, 2.24) is 10.2 Å². The van der Waals surface area contributed by atoms with Gasteiger partial charge >= 0.3 is 0 Å². The standard InChI is InChI=1S/C18H17N3O5S/c1-21(18-13-4-2-3-5-16(13)27(23,24)20-18)10-17(22)19-9-12-6-7-14-15(8-12)26-11-25-14/h2-8H,9-11H2,1H3,(H,19,22). The molecule has 8 nitrogen and oxygen atoms in total. The Morgan fingerprint density at radius 2 is 1.96 bits per heavy atom. The number of amides is 1. The molecule has 0 saturated carbocycles. The van der Waals surface area contributed by atoms with Crippen LogP contribution in [0.15, 0.2) is 51.8 Å². The fraction of sp³-hybridized carbons (Fsp3) is 0.222.